The zero-order chi connectivity index (χ0) is 11.6. The van der Waals surface area contributed by atoms with Crippen LogP contribution in [0.1, 0.15) is 27.5 Å². The first-order chi connectivity index (χ1) is 6.99. The van der Waals surface area contributed by atoms with E-state index in [1.807, 2.05) is 0 Å². The fraction of sp³-hybridized carbons (Fsp3) is 0.300. The molecule has 0 spiro atoms. The number of carboxylic acid groups (broad SMARTS) is 1. The first-order valence-electron chi connectivity index (χ1n) is 4.50. The first kappa shape index (κ1) is 11.5. The number of carboxylic acids is 1. The zero-order valence-electron chi connectivity index (χ0n) is 8.40. The maximum Gasteiger partial charge on any atom is 0.339 e. The smallest absolute Gasteiger partial charge is 0.339 e. The van der Waals surface area contributed by atoms with Gasteiger partial charge in [0.05, 0.1) is 0 Å². The minimum absolute atomic E-state index is 0.150. The molecule has 1 rings (SSSR count). The van der Waals surface area contributed by atoms with E-state index in [4.69, 9.17) is 16.6 Å². The molecule has 0 radical (unpaired) electrons. The quantitative estimate of drug-likeness (QED) is 0.575. The van der Waals surface area contributed by atoms with E-state index in [1.165, 1.54) is 6.07 Å². The van der Waals surface area contributed by atoms with Crippen LogP contribution in [0, 0.1) is 6.92 Å². The van der Waals surface area contributed by atoms with Crippen molar-refractivity contribution in [1.82, 2.24) is 0 Å². The number of carbonyl (C=O) groups is 1. The van der Waals surface area contributed by atoms with Crippen LogP contribution in [0.3, 0.4) is 0 Å². The van der Waals surface area contributed by atoms with Crippen molar-refractivity contribution in [2.75, 3.05) is 6.54 Å². The van der Waals surface area contributed by atoms with Crippen molar-refractivity contribution in [2.45, 2.75) is 13.0 Å². The normalized spacial score (nSPS) is 12.5. The molecule has 0 saturated heterocycles. The number of hydrogen-bond acceptors (Lipinski definition) is 4. The van der Waals surface area contributed by atoms with Crippen LogP contribution in [0.15, 0.2) is 12.1 Å². The lowest BCUT2D eigenvalue weighted by Crippen LogP contribution is -2.22. The van der Waals surface area contributed by atoms with E-state index >= 15 is 0 Å². The summed E-state index contributed by atoms with van der Waals surface area (Å²) < 4.78 is 0. The lowest BCUT2D eigenvalue weighted by Gasteiger charge is -2.15. The highest BCUT2D eigenvalue weighted by Gasteiger charge is 2.18. The molecule has 0 aliphatic rings. The first-order valence-corrected chi connectivity index (χ1v) is 4.50. The summed E-state index contributed by atoms with van der Waals surface area (Å²) in [5, 5.41) is 18.5. The monoisotopic (exact) mass is 210 g/mol. The van der Waals surface area contributed by atoms with Gasteiger partial charge in [0.1, 0.15) is 11.3 Å². The van der Waals surface area contributed by atoms with Crippen LogP contribution in [0.5, 0.6) is 5.75 Å². The van der Waals surface area contributed by atoms with Gasteiger partial charge in [0.15, 0.2) is 0 Å². The van der Waals surface area contributed by atoms with E-state index in [1.54, 1.807) is 13.0 Å². The van der Waals surface area contributed by atoms with Crippen molar-refractivity contribution in [2.24, 2.45) is 11.5 Å². The number of aromatic hydroxyl groups is 1. The number of benzene rings is 1. The standard InChI is InChI=1S/C10H14N2O3/c1-5-2-3-6(10(14)15)9(13)8(5)7(12)4-11/h2-3,7,13H,4,11-12H2,1H3,(H,14,15)/t7-/m1/s1. The lowest BCUT2D eigenvalue weighted by atomic mass is 9.97. The Morgan fingerprint density at radius 3 is 2.60 bits per heavy atom. The number of aromatic carboxylic acids is 1. The topological polar surface area (TPSA) is 110 Å². The summed E-state index contributed by atoms with van der Waals surface area (Å²) in [6.45, 7) is 1.90. The Kier molecular flexibility index (Phi) is 3.28. The second-order valence-electron chi connectivity index (χ2n) is 3.34. The summed E-state index contributed by atoms with van der Waals surface area (Å²) in [7, 11) is 0. The van der Waals surface area contributed by atoms with E-state index in [9.17, 15) is 9.90 Å². The minimum Gasteiger partial charge on any atom is -0.507 e. The molecule has 1 atom stereocenters. The highest BCUT2D eigenvalue weighted by Crippen LogP contribution is 2.29. The molecule has 15 heavy (non-hydrogen) atoms. The molecule has 0 unspecified atom stereocenters. The molecule has 0 amide bonds. The molecule has 5 heteroatoms. The van der Waals surface area contributed by atoms with E-state index in [0.717, 1.165) is 5.56 Å². The third kappa shape index (κ3) is 2.08. The molecule has 1 aromatic rings. The van der Waals surface area contributed by atoms with Gasteiger partial charge in [-0.1, -0.05) is 6.07 Å². The Labute approximate surface area is 87.3 Å². The van der Waals surface area contributed by atoms with Crippen molar-refractivity contribution >= 4 is 5.97 Å². The SMILES string of the molecule is Cc1ccc(C(=O)O)c(O)c1[C@H](N)CN. The van der Waals surface area contributed by atoms with Crippen LogP contribution in [0.2, 0.25) is 0 Å². The Morgan fingerprint density at radius 2 is 2.13 bits per heavy atom. The lowest BCUT2D eigenvalue weighted by molar-refractivity contribution is 0.0693. The van der Waals surface area contributed by atoms with Gasteiger partial charge in [0.25, 0.3) is 0 Å². The molecule has 0 fully saturated rings. The number of hydrogen-bond donors (Lipinski definition) is 4. The number of phenols is 1. The van der Waals surface area contributed by atoms with Crippen LogP contribution in [-0.2, 0) is 0 Å². The van der Waals surface area contributed by atoms with E-state index < -0.39 is 12.0 Å². The minimum atomic E-state index is -1.18. The Hall–Kier alpha value is -1.59. The van der Waals surface area contributed by atoms with E-state index in [-0.39, 0.29) is 17.9 Å². The maximum atomic E-state index is 10.8. The summed E-state index contributed by atoms with van der Waals surface area (Å²) in [5.41, 5.74) is 12.1. The van der Waals surface area contributed by atoms with Gasteiger partial charge < -0.3 is 21.7 Å². The predicted octanol–water partition coefficient (Wildman–Crippen LogP) is 0.357. The van der Waals surface area contributed by atoms with Gasteiger partial charge in [-0.05, 0) is 18.6 Å². The molecule has 0 bridgehead atoms. The molecule has 0 saturated carbocycles. The molecule has 82 valence electrons. The fourth-order valence-electron chi connectivity index (χ4n) is 1.47. The molecule has 0 aliphatic carbocycles. The molecular formula is C10H14N2O3. The van der Waals surface area contributed by atoms with Gasteiger partial charge >= 0.3 is 5.97 Å². The average molecular weight is 210 g/mol. The molecule has 0 aromatic heterocycles. The van der Waals surface area contributed by atoms with Crippen molar-refractivity contribution in [3.05, 3.63) is 28.8 Å². The van der Waals surface area contributed by atoms with Crippen LogP contribution < -0.4 is 11.5 Å². The Balaban J connectivity index is 3.36. The average Bonchev–Trinajstić information content (AvgIpc) is 2.16. The van der Waals surface area contributed by atoms with Gasteiger partial charge in [-0.3, -0.25) is 0 Å². The second kappa shape index (κ2) is 4.29. The second-order valence-corrected chi connectivity index (χ2v) is 3.34. The molecule has 1 aromatic carbocycles. The summed E-state index contributed by atoms with van der Waals surface area (Å²) in [5.74, 6) is -1.47. The van der Waals surface area contributed by atoms with Crippen molar-refractivity contribution < 1.29 is 15.0 Å². The Bertz CT molecular complexity index is 390. The summed E-state index contributed by atoms with van der Waals surface area (Å²) >= 11 is 0. The van der Waals surface area contributed by atoms with Gasteiger partial charge in [-0.2, -0.15) is 0 Å². The molecule has 0 heterocycles. The number of rotatable bonds is 3. The van der Waals surface area contributed by atoms with E-state index in [2.05, 4.69) is 0 Å². The van der Waals surface area contributed by atoms with Crippen LogP contribution in [0.25, 0.3) is 0 Å². The molecular weight excluding hydrogens is 196 g/mol. The Morgan fingerprint density at radius 1 is 1.53 bits per heavy atom. The number of nitrogens with two attached hydrogens (primary N) is 2. The van der Waals surface area contributed by atoms with Gasteiger partial charge in [0.2, 0.25) is 0 Å². The highest BCUT2D eigenvalue weighted by molar-refractivity contribution is 5.91. The van der Waals surface area contributed by atoms with Crippen LogP contribution in [-0.4, -0.2) is 22.7 Å². The van der Waals surface area contributed by atoms with E-state index in [0.29, 0.717) is 5.56 Å². The van der Waals surface area contributed by atoms with Crippen molar-refractivity contribution in [1.29, 1.82) is 0 Å². The third-order valence-electron chi connectivity index (χ3n) is 2.29. The fourth-order valence-corrected chi connectivity index (χ4v) is 1.47. The highest BCUT2D eigenvalue weighted by atomic mass is 16.4. The van der Waals surface area contributed by atoms with Crippen molar-refractivity contribution in [3.8, 4) is 5.75 Å². The summed E-state index contributed by atoms with van der Waals surface area (Å²) in [4.78, 5) is 10.8. The zero-order valence-corrected chi connectivity index (χ0v) is 8.40. The maximum absolute atomic E-state index is 10.8. The van der Waals surface area contributed by atoms with Gasteiger partial charge in [-0.15, -0.1) is 0 Å². The van der Waals surface area contributed by atoms with Crippen LogP contribution in [0.4, 0.5) is 0 Å². The van der Waals surface area contributed by atoms with Gasteiger partial charge in [-0.25, -0.2) is 4.79 Å². The van der Waals surface area contributed by atoms with Gasteiger partial charge in [0, 0.05) is 18.2 Å². The predicted molar refractivity (Wildman–Crippen MR) is 55.8 cm³/mol. The molecule has 6 N–H and O–H groups in total. The van der Waals surface area contributed by atoms with Crippen molar-refractivity contribution in [3.63, 3.8) is 0 Å². The number of aryl methyl sites for hydroxylation is 1. The molecule has 5 nitrogen and oxygen atoms in total. The van der Waals surface area contributed by atoms with Crippen LogP contribution >= 0.6 is 0 Å². The summed E-state index contributed by atoms with van der Waals surface area (Å²) in [6.07, 6.45) is 0. The summed E-state index contributed by atoms with van der Waals surface area (Å²) in [6, 6.07) is 2.40. The third-order valence-corrected chi connectivity index (χ3v) is 2.29. The largest absolute Gasteiger partial charge is 0.507 e. The molecule has 0 aliphatic heterocycles.